The SMILES string of the molecule is CC(=O)O[C@@H]1[C@@H](CC[C@@H](C)[C@H]2CC[C@]3(C)[C@H]4CC[C@@H]5[C@@]6(C)CCCC(C)(C)[C@@H]6CC[C@@]5(C)[C@]4(C)CC[C@@H]23)OC(=O)[C@@H]1OC(C)=O. The maximum Gasteiger partial charge on any atom is 0.352 e. The van der Waals surface area contributed by atoms with Crippen LogP contribution in [-0.4, -0.2) is 36.2 Å². The second-order valence-corrected chi connectivity index (χ2v) is 18.4. The van der Waals surface area contributed by atoms with E-state index >= 15 is 0 Å². The lowest BCUT2D eigenvalue weighted by molar-refractivity contribution is -0.241. The molecule has 6 aliphatic rings. The van der Waals surface area contributed by atoms with Gasteiger partial charge in [-0.05, 0) is 140 Å². The summed E-state index contributed by atoms with van der Waals surface area (Å²) < 4.78 is 16.3. The van der Waals surface area contributed by atoms with Gasteiger partial charge in [-0.1, -0.05) is 54.9 Å². The van der Waals surface area contributed by atoms with Crippen molar-refractivity contribution in [3.63, 3.8) is 0 Å². The molecule has 6 fully saturated rings. The first kappa shape index (κ1) is 33.3. The summed E-state index contributed by atoms with van der Waals surface area (Å²) in [6.07, 6.45) is 14.0. The highest BCUT2D eigenvalue weighted by Gasteiger charge is 2.70. The maximum atomic E-state index is 12.6. The number of hydrogen-bond acceptors (Lipinski definition) is 6. The van der Waals surface area contributed by atoms with E-state index in [1.807, 2.05) is 0 Å². The molecule has 0 unspecified atom stereocenters. The van der Waals surface area contributed by atoms with Crippen LogP contribution in [0.3, 0.4) is 0 Å². The van der Waals surface area contributed by atoms with Gasteiger partial charge in [-0.3, -0.25) is 9.59 Å². The van der Waals surface area contributed by atoms with Crippen molar-refractivity contribution >= 4 is 17.9 Å². The Morgan fingerprint density at radius 1 is 0.778 bits per heavy atom. The Hall–Kier alpha value is -1.59. The Kier molecular flexibility index (Phi) is 8.33. The molecule has 0 bridgehead atoms. The quantitative estimate of drug-likeness (QED) is 0.217. The first-order valence-electron chi connectivity index (χ1n) is 18.5. The third-order valence-corrected chi connectivity index (χ3v) is 16.2. The van der Waals surface area contributed by atoms with Gasteiger partial charge in [0.05, 0.1) is 0 Å². The van der Waals surface area contributed by atoms with Gasteiger partial charge in [0.15, 0.2) is 6.10 Å². The van der Waals surface area contributed by atoms with Crippen LogP contribution in [0, 0.1) is 62.6 Å². The van der Waals surface area contributed by atoms with Crippen LogP contribution in [0.5, 0.6) is 0 Å². The molecule has 0 spiro atoms. The van der Waals surface area contributed by atoms with Gasteiger partial charge in [0.2, 0.25) is 6.10 Å². The first-order valence-corrected chi connectivity index (χ1v) is 18.5. The van der Waals surface area contributed by atoms with E-state index in [2.05, 4.69) is 48.5 Å². The Bertz CT molecular complexity index is 1190. The van der Waals surface area contributed by atoms with Gasteiger partial charge in [-0.15, -0.1) is 0 Å². The van der Waals surface area contributed by atoms with Crippen LogP contribution in [0.15, 0.2) is 0 Å². The number of carbonyl (C=O) groups excluding carboxylic acids is 3. The summed E-state index contributed by atoms with van der Waals surface area (Å²) in [7, 11) is 0. The minimum absolute atomic E-state index is 0.379. The van der Waals surface area contributed by atoms with E-state index in [0.717, 1.165) is 30.1 Å². The number of fused-ring (bicyclic) bond motifs is 7. The maximum absolute atomic E-state index is 12.6. The highest BCUT2D eigenvalue weighted by atomic mass is 16.7. The molecule has 0 aromatic rings. The van der Waals surface area contributed by atoms with Crippen LogP contribution in [0.1, 0.15) is 146 Å². The van der Waals surface area contributed by atoms with Crippen LogP contribution >= 0.6 is 0 Å². The van der Waals surface area contributed by atoms with E-state index in [9.17, 15) is 14.4 Å². The van der Waals surface area contributed by atoms with Crippen LogP contribution in [0.4, 0.5) is 0 Å². The molecule has 0 N–H and O–H groups in total. The lowest BCUT2D eigenvalue weighted by Crippen LogP contribution is -2.65. The minimum Gasteiger partial charge on any atom is -0.455 e. The molecule has 0 aromatic heterocycles. The number of carbonyl (C=O) groups is 3. The number of esters is 3. The fourth-order valence-electron chi connectivity index (χ4n) is 14.1. The van der Waals surface area contributed by atoms with Crippen molar-refractivity contribution in [3.8, 4) is 0 Å². The molecule has 1 aliphatic heterocycles. The summed E-state index contributed by atoms with van der Waals surface area (Å²) in [4.78, 5) is 36.1. The third kappa shape index (κ3) is 5.02. The summed E-state index contributed by atoms with van der Waals surface area (Å²) in [5, 5.41) is 0. The molecular weight excluding hydrogens is 564 g/mol. The number of cyclic esters (lactones) is 1. The van der Waals surface area contributed by atoms with Gasteiger partial charge >= 0.3 is 17.9 Å². The van der Waals surface area contributed by atoms with Crippen LogP contribution in [0.25, 0.3) is 0 Å². The Morgan fingerprint density at radius 2 is 1.40 bits per heavy atom. The molecule has 6 heteroatoms. The van der Waals surface area contributed by atoms with Crippen molar-refractivity contribution in [3.05, 3.63) is 0 Å². The van der Waals surface area contributed by atoms with E-state index < -0.39 is 36.2 Å². The van der Waals surface area contributed by atoms with E-state index in [0.29, 0.717) is 45.3 Å². The molecule has 6 rings (SSSR count). The van der Waals surface area contributed by atoms with Gasteiger partial charge in [0.25, 0.3) is 0 Å². The standard InChI is InChI=1S/C39H62O6/c1-23(11-12-28-32(43-24(2)40)33(34(42)45-28)44-25(3)41)26-15-20-36(6)27(26)16-21-38(8)30(36)13-14-31-37(7)19-10-18-35(4,5)29(37)17-22-39(31,38)9/h23,26-33H,10-22H2,1-9H3/t23-,26-,27+,28-,29+,30-,31-,32-,33-,36+,37+,38-,39-/m1/s1. The zero-order valence-corrected chi connectivity index (χ0v) is 29.8. The van der Waals surface area contributed by atoms with Crippen LogP contribution < -0.4 is 0 Å². The number of rotatable bonds is 6. The molecule has 5 aliphatic carbocycles. The summed E-state index contributed by atoms with van der Waals surface area (Å²) in [6, 6.07) is 0. The molecule has 45 heavy (non-hydrogen) atoms. The molecule has 13 atom stereocenters. The summed E-state index contributed by atoms with van der Waals surface area (Å²) in [5.41, 5.74) is 2.15. The fraction of sp³-hybridized carbons (Fsp3) is 0.923. The van der Waals surface area contributed by atoms with Crippen LogP contribution in [0.2, 0.25) is 0 Å². The Labute approximate surface area is 272 Å². The van der Waals surface area contributed by atoms with Crippen molar-refractivity contribution in [1.29, 1.82) is 0 Å². The zero-order valence-electron chi connectivity index (χ0n) is 29.8. The topological polar surface area (TPSA) is 78.9 Å². The minimum atomic E-state index is -1.18. The summed E-state index contributed by atoms with van der Waals surface area (Å²) in [5.74, 6) is 2.68. The Morgan fingerprint density at radius 3 is 2.04 bits per heavy atom. The third-order valence-electron chi connectivity index (χ3n) is 16.2. The molecular formula is C39H62O6. The second kappa shape index (κ2) is 11.2. The monoisotopic (exact) mass is 626 g/mol. The molecule has 0 radical (unpaired) electrons. The van der Waals surface area contributed by atoms with Gasteiger partial charge in [-0.2, -0.15) is 0 Å². The molecule has 6 nitrogen and oxygen atoms in total. The van der Waals surface area contributed by atoms with Gasteiger partial charge in [-0.25, -0.2) is 4.79 Å². The summed E-state index contributed by atoms with van der Waals surface area (Å²) >= 11 is 0. The van der Waals surface area contributed by atoms with Crippen molar-refractivity contribution in [1.82, 2.24) is 0 Å². The second-order valence-electron chi connectivity index (χ2n) is 18.4. The van der Waals surface area contributed by atoms with E-state index in [1.165, 1.54) is 84.5 Å². The highest BCUT2D eigenvalue weighted by molar-refractivity contribution is 5.82. The van der Waals surface area contributed by atoms with Crippen molar-refractivity contribution in [2.45, 2.75) is 164 Å². The van der Waals surface area contributed by atoms with E-state index in [-0.39, 0.29) is 0 Å². The molecule has 0 aromatic carbocycles. The Balaban J connectivity index is 1.16. The number of hydrogen-bond donors (Lipinski definition) is 0. The van der Waals surface area contributed by atoms with Gasteiger partial charge in [0.1, 0.15) is 6.10 Å². The van der Waals surface area contributed by atoms with Crippen molar-refractivity contribution in [2.24, 2.45) is 62.6 Å². The molecule has 1 saturated heterocycles. The molecule has 0 amide bonds. The lowest BCUT2D eigenvalue weighted by Gasteiger charge is -2.73. The molecule has 5 saturated carbocycles. The van der Waals surface area contributed by atoms with E-state index in [4.69, 9.17) is 14.2 Å². The highest BCUT2D eigenvalue weighted by Crippen LogP contribution is 2.78. The molecule has 1 heterocycles. The van der Waals surface area contributed by atoms with Crippen molar-refractivity contribution in [2.75, 3.05) is 0 Å². The average Bonchev–Trinajstić information content (AvgIpc) is 3.42. The predicted octanol–water partition coefficient (Wildman–Crippen LogP) is 8.68. The van der Waals surface area contributed by atoms with Crippen molar-refractivity contribution < 1.29 is 28.6 Å². The average molecular weight is 627 g/mol. The normalized spacial score (nSPS) is 49.0. The van der Waals surface area contributed by atoms with E-state index in [1.54, 1.807) is 0 Å². The van der Waals surface area contributed by atoms with Gasteiger partial charge < -0.3 is 14.2 Å². The summed E-state index contributed by atoms with van der Waals surface area (Å²) in [6.45, 7) is 21.0. The zero-order chi connectivity index (χ0) is 32.7. The van der Waals surface area contributed by atoms with Gasteiger partial charge in [0, 0.05) is 13.8 Å². The lowest BCUT2D eigenvalue weighted by atomic mass is 9.32. The number of ether oxygens (including phenoxy) is 3. The largest absolute Gasteiger partial charge is 0.455 e. The molecule has 254 valence electrons. The smallest absolute Gasteiger partial charge is 0.352 e. The van der Waals surface area contributed by atoms with Crippen LogP contribution in [-0.2, 0) is 28.6 Å². The fourth-order valence-corrected chi connectivity index (χ4v) is 14.1. The predicted molar refractivity (Wildman–Crippen MR) is 174 cm³/mol. The first-order chi connectivity index (χ1) is 21.0.